The van der Waals surface area contributed by atoms with E-state index in [-0.39, 0.29) is 6.04 Å². The van der Waals surface area contributed by atoms with Gasteiger partial charge in [0.25, 0.3) is 0 Å². The van der Waals surface area contributed by atoms with Crippen LogP contribution in [-0.2, 0) is 4.79 Å². The molecule has 0 radical (unpaired) electrons. The van der Waals surface area contributed by atoms with Gasteiger partial charge in [-0.15, -0.1) is 0 Å². The van der Waals surface area contributed by atoms with E-state index in [1.165, 1.54) is 44.9 Å². The van der Waals surface area contributed by atoms with E-state index in [1.807, 2.05) is 0 Å². The van der Waals surface area contributed by atoms with Gasteiger partial charge in [-0.05, 0) is 87.6 Å². The zero-order valence-electron chi connectivity index (χ0n) is 11.6. The number of aliphatic carboxylic acids is 1. The Bertz CT molecular complexity index is 347. The molecule has 0 spiro atoms. The molecule has 4 saturated carbocycles. The van der Waals surface area contributed by atoms with Crippen molar-refractivity contribution in [3.05, 3.63) is 0 Å². The van der Waals surface area contributed by atoms with Gasteiger partial charge < -0.3 is 5.11 Å². The Morgan fingerprint density at radius 3 is 1.95 bits per heavy atom. The van der Waals surface area contributed by atoms with Gasteiger partial charge >= 0.3 is 5.97 Å². The predicted octanol–water partition coefficient (Wildman–Crippen LogP) is 2.61. The standard InChI is InChI=1S/C16H25NO2/c18-16(19)15(17-3-1-2-4-17)14-12-6-10-5-11(8-12)9-13(14)7-10/h10-15H,1-9H2,(H,18,19). The lowest BCUT2D eigenvalue weighted by molar-refractivity contribution is -0.153. The van der Waals surface area contributed by atoms with Crippen molar-refractivity contribution < 1.29 is 9.90 Å². The highest BCUT2D eigenvalue weighted by atomic mass is 16.4. The van der Waals surface area contributed by atoms with Gasteiger partial charge in [-0.3, -0.25) is 9.69 Å². The third kappa shape index (κ3) is 1.93. The van der Waals surface area contributed by atoms with Gasteiger partial charge in [0, 0.05) is 0 Å². The summed E-state index contributed by atoms with van der Waals surface area (Å²) >= 11 is 0. The smallest absolute Gasteiger partial charge is 0.321 e. The van der Waals surface area contributed by atoms with Crippen LogP contribution >= 0.6 is 0 Å². The van der Waals surface area contributed by atoms with Gasteiger partial charge in [-0.25, -0.2) is 0 Å². The summed E-state index contributed by atoms with van der Waals surface area (Å²) in [6.07, 6.45) is 9.14. The highest BCUT2D eigenvalue weighted by Gasteiger charge is 2.53. The molecule has 1 atom stereocenters. The fourth-order valence-electron chi connectivity index (χ4n) is 6.07. The van der Waals surface area contributed by atoms with Gasteiger partial charge in [0.15, 0.2) is 0 Å². The average molecular weight is 263 g/mol. The van der Waals surface area contributed by atoms with E-state index in [4.69, 9.17) is 0 Å². The van der Waals surface area contributed by atoms with Crippen LogP contribution in [0, 0.1) is 29.6 Å². The van der Waals surface area contributed by atoms with Gasteiger partial charge in [0.05, 0.1) is 0 Å². The molecule has 0 aromatic rings. The van der Waals surface area contributed by atoms with Crippen molar-refractivity contribution in [2.45, 2.75) is 51.0 Å². The molecule has 1 heterocycles. The van der Waals surface area contributed by atoms with Crippen molar-refractivity contribution in [3.63, 3.8) is 0 Å². The number of hydrogen-bond donors (Lipinski definition) is 1. The van der Waals surface area contributed by atoms with Crippen molar-refractivity contribution in [2.75, 3.05) is 13.1 Å². The SMILES string of the molecule is O=C(O)C(C1C2CC3CC(C2)CC1C3)N1CCCC1. The summed E-state index contributed by atoms with van der Waals surface area (Å²) in [6.45, 7) is 2.03. The van der Waals surface area contributed by atoms with Crippen LogP contribution in [0.15, 0.2) is 0 Å². The van der Waals surface area contributed by atoms with Crippen LogP contribution in [0.1, 0.15) is 44.9 Å². The molecular weight excluding hydrogens is 238 g/mol. The monoisotopic (exact) mass is 263 g/mol. The molecule has 4 aliphatic carbocycles. The molecule has 0 aromatic carbocycles. The Morgan fingerprint density at radius 2 is 1.47 bits per heavy atom. The fraction of sp³-hybridized carbons (Fsp3) is 0.938. The maximum absolute atomic E-state index is 11.9. The highest BCUT2D eigenvalue weighted by Crippen LogP contribution is 2.58. The first kappa shape index (κ1) is 12.2. The lowest BCUT2D eigenvalue weighted by Crippen LogP contribution is -2.56. The normalized spacial score (nSPS) is 46.6. The minimum atomic E-state index is -0.542. The first-order valence-corrected chi connectivity index (χ1v) is 8.19. The Labute approximate surface area is 115 Å². The lowest BCUT2D eigenvalue weighted by atomic mass is 9.50. The van der Waals surface area contributed by atoms with E-state index in [0.717, 1.165) is 36.8 Å². The van der Waals surface area contributed by atoms with E-state index in [1.54, 1.807) is 0 Å². The van der Waals surface area contributed by atoms with Crippen LogP contribution in [-0.4, -0.2) is 35.1 Å². The van der Waals surface area contributed by atoms with Crippen LogP contribution in [0.25, 0.3) is 0 Å². The van der Waals surface area contributed by atoms with Crippen molar-refractivity contribution >= 4 is 5.97 Å². The lowest BCUT2D eigenvalue weighted by Gasteiger charge is -2.56. The fourth-order valence-corrected chi connectivity index (χ4v) is 6.07. The summed E-state index contributed by atoms with van der Waals surface area (Å²) in [7, 11) is 0. The Morgan fingerprint density at radius 1 is 0.947 bits per heavy atom. The number of rotatable bonds is 3. The summed E-state index contributed by atoms with van der Waals surface area (Å²) in [6, 6.07) is -0.169. The topological polar surface area (TPSA) is 40.5 Å². The summed E-state index contributed by atoms with van der Waals surface area (Å²) < 4.78 is 0. The minimum Gasteiger partial charge on any atom is -0.480 e. The maximum Gasteiger partial charge on any atom is 0.321 e. The molecule has 4 bridgehead atoms. The molecule has 5 rings (SSSR count). The van der Waals surface area contributed by atoms with E-state index >= 15 is 0 Å². The Kier molecular flexibility index (Phi) is 2.87. The molecule has 5 fully saturated rings. The highest BCUT2D eigenvalue weighted by molar-refractivity contribution is 5.74. The number of nitrogens with zero attached hydrogens (tertiary/aromatic N) is 1. The zero-order valence-corrected chi connectivity index (χ0v) is 11.6. The third-order valence-corrected chi connectivity index (χ3v) is 6.45. The zero-order chi connectivity index (χ0) is 13.0. The molecule has 19 heavy (non-hydrogen) atoms. The molecule has 1 saturated heterocycles. The maximum atomic E-state index is 11.9. The van der Waals surface area contributed by atoms with Crippen LogP contribution in [0.3, 0.4) is 0 Å². The Balaban J connectivity index is 1.60. The van der Waals surface area contributed by atoms with Crippen LogP contribution in [0.2, 0.25) is 0 Å². The van der Waals surface area contributed by atoms with Gasteiger partial charge in [-0.1, -0.05) is 0 Å². The second-order valence-electron chi connectivity index (χ2n) is 7.53. The van der Waals surface area contributed by atoms with Crippen LogP contribution < -0.4 is 0 Å². The number of carbonyl (C=O) groups is 1. The predicted molar refractivity (Wildman–Crippen MR) is 72.8 cm³/mol. The summed E-state index contributed by atoms with van der Waals surface area (Å²) in [5.74, 6) is 3.23. The minimum absolute atomic E-state index is 0.169. The second kappa shape index (κ2) is 4.47. The molecule has 5 aliphatic rings. The van der Waals surface area contributed by atoms with Gasteiger partial charge in [0.1, 0.15) is 6.04 Å². The number of carboxylic acids is 1. The Hall–Kier alpha value is -0.570. The third-order valence-electron chi connectivity index (χ3n) is 6.45. The number of likely N-dealkylation sites (tertiary alicyclic amines) is 1. The first-order chi connectivity index (χ1) is 9.22. The van der Waals surface area contributed by atoms with Crippen molar-refractivity contribution in [1.82, 2.24) is 4.90 Å². The summed E-state index contributed by atoms with van der Waals surface area (Å²) in [5, 5.41) is 9.78. The van der Waals surface area contributed by atoms with Gasteiger partial charge in [0.2, 0.25) is 0 Å². The molecule has 3 nitrogen and oxygen atoms in total. The van der Waals surface area contributed by atoms with Crippen LogP contribution in [0.4, 0.5) is 0 Å². The van der Waals surface area contributed by atoms with E-state index in [9.17, 15) is 9.90 Å². The largest absolute Gasteiger partial charge is 0.480 e. The van der Waals surface area contributed by atoms with E-state index in [0.29, 0.717) is 5.92 Å². The van der Waals surface area contributed by atoms with Crippen molar-refractivity contribution in [1.29, 1.82) is 0 Å². The molecular formula is C16H25NO2. The number of hydrogen-bond acceptors (Lipinski definition) is 2. The first-order valence-electron chi connectivity index (χ1n) is 8.19. The molecule has 3 heteroatoms. The average Bonchev–Trinajstić information content (AvgIpc) is 2.85. The van der Waals surface area contributed by atoms with Gasteiger partial charge in [-0.2, -0.15) is 0 Å². The van der Waals surface area contributed by atoms with E-state index in [2.05, 4.69) is 4.90 Å². The second-order valence-corrected chi connectivity index (χ2v) is 7.53. The molecule has 0 amide bonds. The quantitative estimate of drug-likeness (QED) is 0.851. The van der Waals surface area contributed by atoms with Crippen molar-refractivity contribution in [2.24, 2.45) is 29.6 Å². The summed E-state index contributed by atoms with van der Waals surface area (Å²) in [5.41, 5.74) is 0. The number of carboxylic acid groups (broad SMARTS) is 1. The van der Waals surface area contributed by atoms with E-state index < -0.39 is 5.97 Å². The molecule has 106 valence electrons. The molecule has 1 N–H and O–H groups in total. The molecule has 1 aliphatic heterocycles. The molecule has 1 unspecified atom stereocenters. The molecule has 0 aromatic heterocycles. The van der Waals surface area contributed by atoms with Crippen molar-refractivity contribution in [3.8, 4) is 0 Å². The van der Waals surface area contributed by atoms with Crippen LogP contribution in [0.5, 0.6) is 0 Å². The summed E-state index contributed by atoms with van der Waals surface area (Å²) in [4.78, 5) is 14.2.